The van der Waals surface area contributed by atoms with Crippen molar-refractivity contribution in [1.82, 2.24) is 16.1 Å². The van der Waals surface area contributed by atoms with E-state index in [1.165, 1.54) is 7.11 Å². The van der Waals surface area contributed by atoms with Crippen LogP contribution in [0, 0.1) is 11.6 Å². The highest BCUT2D eigenvalue weighted by molar-refractivity contribution is 9.10. The van der Waals surface area contributed by atoms with Gasteiger partial charge in [0.25, 0.3) is 5.91 Å². The summed E-state index contributed by atoms with van der Waals surface area (Å²) in [6, 6.07) is 1.99. The lowest BCUT2D eigenvalue weighted by molar-refractivity contribution is 0.0595. The maximum atomic E-state index is 12.8. The van der Waals surface area contributed by atoms with Gasteiger partial charge in [-0.05, 0) is 31.9 Å². The fourth-order valence-electron chi connectivity index (χ4n) is 1.42. The van der Waals surface area contributed by atoms with Gasteiger partial charge in [-0.3, -0.25) is 4.79 Å². The Morgan fingerprint density at radius 1 is 1.00 bits per heavy atom. The Balaban J connectivity index is 0.000000464. The number of hydrogen-bond donors (Lipinski definition) is 4. The summed E-state index contributed by atoms with van der Waals surface area (Å²) in [5, 5.41) is 0. The summed E-state index contributed by atoms with van der Waals surface area (Å²) >= 11 is 5.63. The maximum absolute atomic E-state index is 12.8. The van der Waals surface area contributed by atoms with Crippen LogP contribution in [0.3, 0.4) is 0 Å². The summed E-state index contributed by atoms with van der Waals surface area (Å²) in [6.07, 6.45) is 0. The van der Waals surface area contributed by atoms with Gasteiger partial charge in [0.15, 0.2) is 23.0 Å². The van der Waals surface area contributed by atoms with Crippen molar-refractivity contribution in [3.8, 4) is 0 Å². The first-order chi connectivity index (χ1) is 11.6. The Kier molecular flexibility index (Phi) is 9.03. The number of rotatable bonds is 2. The number of hydrogen-bond acceptors (Lipinski definition) is 8. The normalized spacial score (nSPS) is 9.42. The molecule has 26 heavy (non-hydrogen) atoms. The molecule has 0 spiro atoms. The fourth-order valence-corrected chi connectivity index (χ4v) is 2.00. The van der Waals surface area contributed by atoms with Crippen LogP contribution >= 0.6 is 31.9 Å². The van der Waals surface area contributed by atoms with Crippen LogP contribution in [-0.2, 0) is 4.74 Å². The van der Waals surface area contributed by atoms with Crippen LogP contribution in [0.1, 0.15) is 21.0 Å². The first-order valence-corrected chi connectivity index (χ1v) is 7.78. The highest BCUT2D eigenvalue weighted by Gasteiger charge is 2.15. The van der Waals surface area contributed by atoms with Gasteiger partial charge in [0.2, 0.25) is 0 Å². The molecule has 0 unspecified atom stereocenters. The number of carbonyl (C=O) groups excluding carboxylic acids is 2. The molecule has 0 aliphatic heterocycles. The number of amides is 1. The number of primary amides is 1. The average molecular weight is 500 g/mol. The highest BCUT2D eigenvalue weighted by atomic mass is 79.9. The van der Waals surface area contributed by atoms with Crippen molar-refractivity contribution in [1.29, 1.82) is 0 Å². The van der Waals surface area contributed by atoms with Gasteiger partial charge in [0.1, 0.15) is 9.21 Å². The number of methoxy groups -OCH3 is 1. The number of carbonyl (C=O) groups is 2. The topological polar surface area (TPSA) is 182 Å². The second-order valence-electron chi connectivity index (χ2n) is 4.25. The predicted molar refractivity (Wildman–Crippen MR) is 97.5 cm³/mol. The third-order valence-corrected chi connectivity index (χ3v) is 3.65. The lowest BCUT2D eigenvalue weighted by Crippen LogP contribution is -2.16. The fraction of sp³-hybridized carbons (Fsp3) is 0.0769. The molecule has 0 radical (unpaired) electrons. The molecule has 0 fully saturated rings. The van der Waals surface area contributed by atoms with Crippen molar-refractivity contribution in [2.75, 3.05) is 18.6 Å². The number of halogens is 4. The lowest BCUT2D eigenvalue weighted by atomic mass is 10.3. The quantitative estimate of drug-likeness (QED) is 0.358. The second-order valence-corrected chi connectivity index (χ2v) is 5.76. The first-order valence-electron chi connectivity index (χ1n) is 6.19. The highest BCUT2D eigenvalue weighted by Crippen LogP contribution is 2.19. The molecule has 0 atom stereocenters. The molecule has 0 saturated heterocycles. The Labute approximate surface area is 163 Å². The number of pyridine rings is 2. The molecule has 0 aromatic carbocycles. The zero-order valence-corrected chi connectivity index (χ0v) is 16.4. The number of nitrogen functional groups attached to an aromatic ring is 2. The molecule has 2 aromatic rings. The van der Waals surface area contributed by atoms with Crippen molar-refractivity contribution < 1.29 is 23.1 Å². The van der Waals surface area contributed by atoms with Crippen molar-refractivity contribution in [2.45, 2.75) is 0 Å². The molecule has 9 nitrogen and oxygen atoms in total. The van der Waals surface area contributed by atoms with Gasteiger partial charge in [-0.2, -0.15) is 0 Å². The minimum atomic E-state index is -0.784. The molecule has 9 N–H and O–H groups in total. The Morgan fingerprint density at radius 3 is 1.77 bits per heavy atom. The van der Waals surface area contributed by atoms with Crippen molar-refractivity contribution in [3.63, 3.8) is 0 Å². The monoisotopic (exact) mass is 498 g/mol. The molecule has 0 bridgehead atoms. The van der Waals surface area contributed by atoms with Crippen LogP contribution in [0.5, 0.6) is 0 Å². The summed E-state index contributed by atoms with van der Waals surface area (Å²) in [5.41, 5.74) is 15.2. The van der Waals surface area contributed by atoms with Gasteiger partial charge in [-0.1, -0.05) is 0 Å². The number of anilines is 2. The number of nitrogens with zero attached hydrogens (tertiary/aromatic N) is 2. The molecule has 142 valence electrons. The van der Waals surface area contributed by atoms with E-state index in [0.717, 1.165) is 12.1 Å². The van der Waals surface area contributed by atoms with Gasteiger partial charge in [-0.15, -0.1) is 0 Å². The van der Waals surface area contributed by atoms with Crippen LogP contribution in [-0.4, -0.2) is 29.0 Å². The van der Waals surface area contributed by atoms with Gasteiger partial charge in [0, 0.05) is 12.1 Å². The SMILES string of the molecule is COC(=O)c1nc(Br)c(F)cc1N.N.NC(=O)c1nc(Br)c(F)cc1N. The van der Waals surface area contributed by atoms with Crippen LogP contribution in [0.4, 0.5) is 20.2 Å². The zero-order chi connectivity index (χ0) is 19.3. The van der Waals surface area contributed by atoms with Crippen LogP contribution in [0.15, 0.2) is 21.3 Å². The van der Waals surface area contributed by atoms with E-state index in [2.05, 4.69) is 46.6 Å². The Bertz CT molecular complexity index is 838. The van der Waals surface area contributed by atoms with Gasteiger partial charge < -0.3 is 28.1 Å². The molecular formula is C13H14Br2F2N6O3. The standard InChI is InChI=1S/C7H6BrFN2O2.C6H5BrFN3O.H3N/c1-13-7(12)5-4(10)2-3(9)6(8)11-5;7-5-2(8)1-3(9)4(11-5)6(10)12;/h2H,10H2,1H3;1H,9H2,(H2,10,12);1H3. The van der Waals surface area contributed by atoms with E-state index < -0.39 is 23.5 Å². The number of nitrogens with two attached hydrogens (primary N) is 3. The summed E-state index contributed by atoms with van der Waals surface area (Å²) in [6.45, 7) is 0. The number of esters is 1. The van der Waals surface area contributed by atoms with Crippen LogP contribution in [0.25, 0.3) is 0 Å². The Morgan fingerprint density at radius 2 is 1.38 bits per heavy atom. The van der Waals surface area contributed by atoms with E-state index in [0.29, 0.717) is 0 Å². The van der Waals surface area contributed by atoms with Crippen molar-refractivity contribution >= 4 is 55.1 Å². The summed E-state index contributed by atoms with van der Waals surface area (Å²) in [7, 11) is 1.20. The average Bonchev–Trinajstić information content (AvgIpc) is 2.54. The number of aromatic nitrogens is 2. The molecule has 0 aliphatic rings. The lowest BCUT2D eigenvalue weighted by Gasteiger charge is -2.03. The molecule has 0 saturated carbocycles. The minimum Gasteiger partial charge on any atom is -0.464 e. The van der Waals surface area contributed by atoms with Gasteiger partial charge in [-0.25, -0.2) is 23.5 Å². The van der Waals surface area contributed by atoms with E-state index >= 15 is 0 Å². The minimum absolute atomic E-state index is 0. The Hall–Kier alpha value is -2.38. The zero-order valence-electron chi connectivity index (χ0n) is 13.2. The second kappa shape index (κ2) is 9.94. The first kappa shape index (κ1) is 23.6. The van der Waals surface area contributed by atoms with E-state index in [9.17, 15) is 18.4 Å². The molecule has 13 heteroatoms. The largest absolute Gasteiger partial charge is 0.464 e. The van der Waals surface area contributed by atoms with Crippen molar-refractivity contribution in [3.05, 3.63) is 44.4 Å². The van der Waals surface area contributed by atoms with E-state index in [-0.39, 0.29) is 38.1 Å². The third-order valence-electron chi connectivity index (χ3n) is 2.54. The summed E-state index contributed by atoms with van der Waals surface area (Å²) in [4.78, 5) is 28.7. The smallest absolute Gasteiger partial charge is 0.358 e. The molecular weight excluding hydrogens is 486 g/mol. The van der Waals surface area contributed by atoms with E-state index in [4.69, 9.17) is 17.2 Å². The summed E-state index contributed by atoms with van der Waals surface area (Å²) in [5.74, 6) is -2.73. The maximum Gasteiger partial charge on any atom is 0.358 e. The van der Waals surface area contributed by atoms with E-state index in [1.54, 1.807) is 0 Å². The van der Waals surface area contributed by atoms with Crippen molar-refractivity contribution in [2.24, 2.45) is 5.73 Å². The van der Waals surface area contributed by atoms with Gasteiger partial charge in [0.05, 0.1) is 18.5 Å². The molecule has 2 aromatic heterocycles. The number of ether oxygens (including phenoxy) is 1. The van der Waals surface area contributed by atoms with Gasteiger partial charge >= 0.3 is 5.97 Å². The molecule has 2 heterocycles. The summed E-state index contributed by atoms with van der Waals surface area (Å²) < 4.78 is 29.7. The van der Waals surface area contributed by atoms with Crippen LogP contribution < -0.4 is 23.4 Å². The molecule has 0 aliphatic carbocycles. The van der Waals surface area contributed by atoms with E-state index in [1.807, 2.05) is 0 Å². The van der Waals surface area contributed by atoms with Crippen LogP contribution in [0.2, 0.25) is 0 Å². The molecule has 2 rings (SSSR count). The predicted octanol–water partition coefficient (Wildman–Crippen LogP) is 2.18. The molecule has 1 amide bonds. The third kappa shape index (κ3) is 5.86.